The van der Waals surface area contributed by atoms with Crippen LogP contribution in [0.1, 0.15) is 58.8 Å². The van der Waals surface area contributed by atoms with E-state index in [4.69, 9.17) is 5.73 Å². The second-order valence-electron chi connectivity index (χ2n) is 5.13. The second kappa shape index (κ2) is 5.64. The van der Waals surface area contributed by atoms with Crippen molar-refractivity contribution in [3.8, 4) is 0 Å². The standard InChI is InChI=1S/C12H25N/c1-10(2)8-12(13)9-11-6-4-3-5-7-11/h10-12H,3-9,13H2,1-2H3/t12-/m1/s1. The molecule has 1 rings (SSSR count). The highest BCUT2D eigenvalue weighted by Gasteiger charge is 2.16. The Morgan fingerprint density at radius 2 is 1.77 bits per heavy atom. The topological polar surface area (TPSA) is 26.0 Å². The summed E-state index contributed by atoms with van der Waals surface area (Å²) in [5, 5.41) is 0. The molecule has 1 aliphatic carbocycles. The van der Waals surface area contributed by atoms with Crippen LogP contribution in [0.2, 0.25) is 0 Å². The maximum atomic E-state index is 6.11. The Hall–Kier alpha value is -0.0400. The van der Waals surface area contributed by atoms with Gasteiger partial charge in [-0.05, 0) is 24.7 Å². The molecule has 0 saturated heterocycles. The van der Waals surface area contributed by atoms with E-state index in [1.54, 1.807) is 0 Å². The fourth-order valence-electron chi connectivity index (χ4n) is 2.55. The van der Waals surface area contributed by atoms with E-state index in [1.165, 1.54) is 44.9 Å². The lowest BCUT2D eigenvalue weighted by molar-refractivity contribution is 0.303. The molecule has 0 heterocycles. The molecule has 0 unspecified atom stereocenters. The molecule has 13 heavy (non-hydrogen) atoms. The highest BCUT2D eigenvalue weighted by molar-refractivity contribution is 4.72. The average molecular weight is 183 g/mol. The summed E-state index contributed by atoms with van der Waals surface area (Å²) in [6.07, 6.45) is 9.69. The number of rotatable bonds is 4. The van der Waals surface area contributed by atoms with E-state index in [0.717, 1.165) is 11.8 Å². The number of hydrogen-bond donors (Lipinski definition) is 1. The van der Waals surface area contributed by atoms with Gasteiger partial charge < -0.3 is 5.73 Å². The minimum atomic E-state index is 0.461. The van der Waals surface area contributed by atoms with Gasteiger partial charge in [0.2, 0.25) is 0 Å². The smallest absolute Gasteiger partial charge is 0.00439 e. The molecule has 2 N–H and O–H groups in total. The zero-order chi connectivity index (χ0) is 9.68. The molecule has 1 nitrogen and oxygen atoms in total. The van der Waals surface area contributed by atoms with Crippen LogP contribution in [0.25, 0.3) is 0 Å². The van der Waals surface area contributed by atoms with Crippen molar-refractivity contribution in [2.75, 3.05) is 0 Å². The Morgan fingerprint density at radius 3 is 2.31 bits per heavy atom. The third-order valence-electron chi connectivity index (χ3n) is 3.13. The van der Waals surface area contributed by atoms with Crippen LogP contribution in [0.3, 0.4) is 0 Å². The molecule has 0 amide bonds. The summed E-state index contributed by atoms with van der Waals surface area (Å²) in [7, 11) is 0. The van der Waals surface area contributed by atoms with Gasteiger partial charge in [0.1, 0.15) is 0 Å². The molecule has 0 aliphatic heterocycles. The van der Waals surface area contributed by atoms with Crippen molar-refractivity contribution in [2.24, 2.45) is 17.6 Å². The molecule has 1 fully saturated rings. The molecule has 78 valence electrons. The van der Waals surface area contributed by atoms with Crippen molar-refractivity contribution in [2.45, 2.75) is 64.8 Å². The molecule has 0 spiro atoms. The van der Waals surface area contributed by atoms with Crippen molar-refractivity contribution >= 4 is 0 Å². The lowest BCUT2D eigenvalue weighted by atomic mass is 9.83. The zero-order valence-corrected chi connectivity index (χ0v) is 9.26. The van der Waals surface area contributed by atoms with E-state index in [9.17, 15) is 0 Å². The third-order valence-corrected chi connectivity index (χ3v) is 3.13. The number of nitrogens with two attached hydrogens (primary N) is 1. The van der Waals surface area contributed by atoms with Gasteiger partial charge >= 0.3 is 0 Å². The van der Waals surface area contributed by atoms with Crippen LogP contribution in [0.4, 0.5) is 0 Å². The van der Waals surface area contributed by atoms with Crippen LogP contribution in [-0.4, -0.2) is 6.04 Å². The largest absolute Gasteiger partial charge is 0.328 e. The minimum Gasteiger partial charge on any atom is -0.328 e. The van der Waals surface area contributed by atoms with Crippen LogP contribution >= 0.6 is 0 Å². The molecular weight excluding hydrogens is 158 g/mol. The number of hydrogen-bond acceptors (Lipinski definition) is 1. The minimum absolute atomic E-state index is 0.461. The van der Waals surface area contributed by atoms with Crippen molar-refractivity contribution in [1.82, 2.24) is 0 Å². The van der Waals surface area contributed by atoms with Gasteiger partial charge in [0.15, 0.2) is 0 Å². The molecule has 0 bridgehead atoms. The summed E-state index contributed by atoms with van der Waals surface area (Å²) in [6.45, 7) is 4.53. The van der Waals surface area contributed by atoms with E-state index in [1.807, 2.05) is 0 Å². The molecule has 1 atom stereocenters. The van der Waals surface area contributed by atoms with Crippen LogP contribution in [-0.2, 0) is 0 Å². The first-order valence-corrected chi connectivity index (χ1v) is 5.94. The molecule has 0 radical (unpaired) electrons. The van der Waals surface area contributed by atoms with E-state index >= 15 is 0 Å². The maximum absolute atomic E-state index is 6.11. The van der Waals surface area contributed by atoms with E-state index in [-0.39, 0.29) is 0 Å². The van der Waals surface area contributed by atoms with Gasteiger partial charge in [-0.15, -0.1) is 0 Å². The van der Waals surface area contributed by atoms with Crippen molar-refractivity contribution < 1.29 is 0 Å². The van der Waals surface area contributed by atoms with E-state index < -0.39 is 0 Å². The highest BCUT2D eigenvalue weighted by atomic mass is 14.6. The fourth-order valence-corrected chi connectivity index (χ4v) is 2.55. The van der Waals surface area contributed by atoms with Gasteiger partial charge in [-0.25, -0.2) is 0 Å². The zero-order valence-electron chi connectivity index (χ0n) is 9.26. The average Bonchev–Trinajstić information content (AvgIpc) is 2.04. The summed E-state index contributed by atoms with van der Waals surface area (Å²) in [5.74, 6) is 1.71. The fraction of sp³-hybridized carbons (Fsp3) is 1.00. The predicted octanol–water partition coefficient (Wildman–Crippen LogP) is 3.33. The van der Waals surface area contributed by atoms with Crippen LogP contribution in [0.15, 0.2) is 0 Å². The first-order chi connectivity index (χ1) is 6.18. The summed E-state index contributed by atoms with van der Waals surface area (Å²) in [6, 6.07) is 0.461. The molecule has 1 aliphatic rings. The molecule has 1 heteroatoms. The first-order valence-electron chi connectivity index (χ1n) is 5.94. The van der Waals surface area contributed by atoms with Gasteiger partial charge in [0, 0.05) is 6.04 Å². The van der Waals surface area contributed by atoms with Crippen LogP contribution < -0.4 is 5.73 Å². The first kappa shape index (κ1) is 11.0. The summed E-state index contributed by atoms with van der Waals surface area (Å²) in [4.78, 5) is 0. The molecule has 0 aromatic rings. The summed E-state index contributed by atoms with van der Waals surface area (Å²) < 4.78 is 0. The predicted molar refractivity (Wildman–Crippen MR) is 58.6 cm³/mol. The van der Waals surface area contributed by atoms with Gasteiger partial charge in [-0.1, -0.05) is 46.0 Å². The lowest BCUT2D eigenvalue weighted by Crippen LogP contribution is -2.26. The molecule has 0 aromatic heterocycles. The molecule has 0 aromatic carbocycles. The van der Waals surface area contributed by atoms with Crippen molar-refractivity contribution in [3.05, 3.63) is 0 Å². The van der Waals surface area contributed by atoms with Crippen molar-refractivity contribution in [1.29, 1.82) is 0 Å². The quantitative estimate of drug-likeness (QED) is 0.711. The van der Waals surface area contributed by atoms with Gasteiger partial charge in [-0.2, -0.15) is 0 Å². The SMILES string of the molecule is CC(C)C[C@@H](N)CC1CCCCC1. The Kier molecular flexibility index (Phi) is 4.79. The van der Waals surface area contributed by atoms with Gasteiger partial charge in [0.25, 0.3) is 0 Å². The Balaban J connectivity index is 2.14. The Bertz CT molecular complexity index is 125. The summed E-state index contributed by atoms with van der Waals surface area (Å²) in [5.41, 5.74) is 6.11. The maximum Gasteiger partial charge on any atom is 0.00439 e. The monoisotopic (exact) mass is 183 g/mol. The van der Waals surface area contributed by atoms with E-state index in [2.05, 4.69) is 13.8 Å². The van der Waals surface area contributed by atoms with Gasteiger partial charge in [-0.3, -0.25) is 0 Å². The normalized spacial score (nSPS) is 22.2. The third kappa shape index (κ3) is 4.66. The molecular formula is C12H25N. The summed E-state index contributed by atoms with van der Waals surface area (Å²) >= 11 is 0. The highest BCUT2D eigenvalue weighted by Crippen LogP contribution is 2.27. The van der Waals surface area contributed by atoms with Crippen LogP contribution in [0.5, 0.6) is 0 Å². The molecule has 1 saturated carbocycles. The van der Waals surface area contributed by atoms with Crippen molar-refractivity contribution in [3.63, 3.8) is 0 Å². The van der Waals surface area contributed by atoms with E-state index in [0.29, 0.717) is 6.04 Å². The van der Waals surface area contributed by atoms with Crippen LogP contribution in [0, 0.1) is 11.8 Å². The lowest BCUT2D eigenvalue weighted by Gasteiger charge is -2.25. The Labute approximate surface area is 83.1 Å². The van der Waals surface area contributed by atoms with Gasteiger partial charge in [0.05, 0.1) is 0 Å². The second-order valence-corrected chi connectivity index (χ2v) is 5.13. The Morgan fingerprint density at radius 1 is 1.15 bits per heavy atom.